The molecule has 29 heavy (non-hydrogen) atoms. The first-order chi connectivity index (χ1) is 13.4. The van der Waals surface area contributed by atoms with Crippen LogP contribution in [0.4, 0.5) is 13.2 Å². The van der Waals surface area contributed by atoms with E-state index in [1.807, 2.05) is 0 Å². The van der Waals surface area contributed by atoms with Gasteiger partial charge in [0.15, 0.2) is 0 Å². The molecule has 0 aliphatic carbocycles. The summed E-state index contributed by atoms with van der Waals surface area (Å²) in [5.41, 5.74) is 0.372. The largest absolute Gasteiger partial charge is 0.465 e. The van der Waals surface area contributed by atoms with Gasteiger partial charge >= 0.3 is 18.1 Å². The van der Waals surface area contributed by atoms with Crippen LogP contribution in [0.3, 0.4) is 0 Å². The Morgan fingerprint density at radius 2 is 1.72 bits per heavy atom. The van der Waals surface area contributed by atoms with Crippen LogP contribution in [0.1, 0.15) is 56.0 Å². The van der Waals surface area contributed by atoms with Crippen molar-refractivity contribution < 1.29 is 32.2 Å². The van der Waals surface area contributed by atoms with E-state index in [-0.39, 0.29) is 31.8 Å². The molecule has 0 N–H and O–H groups in total. The molecule has 162 valence electrons. The van der Waals surface area contributed by atoms with Crippen molar-refractivity contribution in [3.63, 3.8) is 0 Å². The number of piperidine rings is 1. The standard InChI is InChI=1S/C21H28F3NO4/c1-20(2,3)29-18(26)11-15-7-10-17(21(22,23)24)25(13-15)12-14-5-8-16(9-6-14)19(27)28-4/h5-6,8-9,15,17H,7,10-13H2,1-4H3. The van der Waals surface area contributed by atoms with Gasteiger partial charge in [0.2, 0.25) is 0 Å². The van der Waals surface area contributed by atoms with Gasteiger partial charge in [-0.25, -0.2) is 4.79 Å². The molecule has 0 bridgehead atoms. The first kappa shape index (κ1) is 23.2. The van der Waals surface area contributed by atoms with Gasteiger partial charge in [-0.05, 0) is 57.2 Å². The van der Waals surface area contributed by atoms with Crippen molar-refractivity contribution in [2.45, 2.75) is 64.4 Å². The second-order valence-electron chi connectivity index (χ2n) is 8.41. The first-order valence-corrected chi connectivity index (χ1v) is 9.59. The Balaban J connectivity index is 2.09. The molecule has 0 spiro atoms. The highest BCUT2D eigenvalue weighted by atomic mass is 19.4. The van der Waals surface area contributed by atoms with E-state index in [4.69, 9.17) is 4.74 Å². The van der Waals surface area contributed by atoms with E-state index in [9.17, 15) is 22.8 Å². The lowest BCUT2D eigenvalue weighted by Crippen LogP contribution is -2.50. The summed E-state index contributed by atoms with van der Waals surface area (Å²) in [5.74, 6) is -1.09. The van der Waals surface area contributed by atoms with Crippen LogP contribution < -0.4 is 0 Å². The van der Waals surface area contributed by atoms with Gasteiger partial charge in [-0.15, -0.1) is 0 Å². The Morgan fingerprint density at radius 3 is 2.24 bits per heavy atom. The molecular weight excluding hydrogens is 387 g/mol. The maximum Gasteiger partial charge on any atom is 0.404 e. The summed E-state index contributed by atoms with van der Waals surface area (Å²) >= 11 is 0. The predicted octanol–water partition coefficient (Wildman–Crippen LogP) is 4.35. The predicted molar refractivity (Wildman–Crippen MR) is 101 cm³/mol. The van der Waals surface area contributed by atoms with E-state index in [2.05, 4.69) is 4.74 Å². The molecule has 0 amide bonds. The minimum absolute atomic E-state index is 0.0583. The number of rotatable bonds is 5. The molecule has 1 aliphatic rings. The maximum absolute atomic E-state index is 13.5. The number of halogens is 3. The molecular formula is C21H28F3NO4. The van der Waals surface area contributed by atoms with Crippen LogP contribution in [-0.4, -0.2) is 48.3 Å². The normalized spacial score (nSPS) is 20.9. The molecule has 1 saturated heterocycles. The van der Waals surface area contributed by atoms with Gasteiger partial charge in [-0.2, -0.15) is 13.2 Å². The number of carbonyl (C=O) groups is 2. The number of methoxy groups -OCH3 is 1. The highest BCUT2D eigenvalue weighted by molar-refractivity contribution is 5.89. The fraction of sp³-hybridized carbons (Fsp3) is 0.619. The molecule has 1 fully saturated rings. The third-order valence-electron chi connectivity index (χ3n) is 4.80. The Kier molecular flexibility index (Phi) is 7.32. The molecule has 1 aliphatic heterocycles. The minimum atomic E-state index is -4.34. The molecule has 2 unspecified atom stereocenters. The van der Waals surface area contributed by atoms with Crippen LogP contribution in [0.2, 0.25) is 0 Å². The van der Waals surface area contributed by atoms with Gasteiger partial charge in [-0.3, -0.25) is 9.69 Å². The average molecular weight is 415 g/mol. The molecule has 1 heterocycles. The molecule has 0 saturated carbocycles. The van der Waals surface area contributed by atoms with Crippen molar-refractivity contribution in [3.05, 3.63) is 35.4 Å². The van der Waals surface area contributed by atoms with Crippen LogP contribution in [0.5, 0.6) is 0 Å². The Hall–Kier alpha value is -2.09. The molecule has 0 aromatic heterocycles. The molecule has 5 nitrogen and oxygen atoms in total. The zero-order valence-electron chi connectivity index (χ0n) is 17.2. The van der Waals surface area contributed by atoms with Crippen LogP contribution in [0, 0.1) is 5.92 Å². The molecule has 1 aromatic rings. The Labute approximate surface area is 169 Å². The lowest BCUT2D eigenvalue weighted by molar-refractivity contribution is -0.197. The van der Waals surface area contributed by atoms with E-state index in [1.165, 1.54) is 24.1 Å². The molecule has 2 atom stereocenters. The first-order valence-electron chi connectivity index (χ1n) is 9.59. The molecule has 0 radical (unpaired) electrons. The summed E-state index contributed by atoms with van der Waals surface area (Å²) in [6.45, 7) is 5.51. The summed E-state index contributed by atoms with van der Waals surface area (Å²) in [6, 6.07) is 4.75. The van der Waals surface area contributed by atoms with Gasteiger partial charge in [0.1, 0.15) is 11.6 Å². The third-order valence-corrected chi connectivity index (χ3v) is 4.80. The van der Waals surface area contributed by atoms with E-state index >= 15 is 0 Å². The average Bonchev–Trinajstić information content (AvgIpc) is 2.59. The van der Waals surface area contributed by atoms with Gasteiger partial charge in [0, 0.05) is 19.5 Å². The van der Waals surface area contributed by atoms with Crippen molar-refractivity contribution in [3.8, 4) is 0 Å². The van der Waals surface area contributed by atoms with E-state index in [1.54, 1.807) is 32.9 Å². The number of alkyl halides is 3. The third kappa shape index (κ3) is 7.03. The Morgan fingerprint density at radius 1 is 1.10 bits per heavy atom. The quantitative estimate of drug-likeness (QED) is 0.670. The van der Waals surface area contributed by atoms with Crippen molar-refractivity contribution >= 4 is 11.9 Å². The highest BCUT2D eigenvalue weighted by Gasteiger charge is 2.46. The van der Waals surface area contributed by atoms with Crippen molar-refractivity contribution in [2.24, 2.45) is 5.92 Å². The van der Waals surface area contributed by atoms with Crippen molar-refractivity contribution in [1.82, 2.24) is 4.90 Å². The number of likely N-dealkylation sites (tertiary alicyclic amines) is 1. The van der Waals surface area contributed by atoms with Gasteiger partial charge in [0.05, 0.1) is 12.7 Å². The number of ether oxygens (including phenoxy) is 2. The second kappa shape index (κ2) is 9.15. The monoisotopic (exact) mass is 415 g/mol. The summed E-state index contributed by atoms with van der Waals surface area (Å²) in [6.07, 6.45) is -3.99. The van der Waals surface area contributed by atoms with Crippen molar-refractivity contribution in [2.75, 3.05) is 13.7 Å². The lowest BCUT2D eigenvalue weighted by atomic mass is 9.89. The van der Waals surface area contributed by atoms with E-state index in [0.29, 0.717) is 17.5 Å². The maximum atomic E-state index is 13.5. The number of benzene rings is 1. The SMILES string of the molecule is COC(=O)c1ccc(CN2CC(CC(=O)OC(C)(C)C)CCC2C(F)(F)F)cc1. The van der Waals surface area contributed by atoms with Crippen LogP contribution in [0.15, 0.2) is 24.3 Å². The number of carbonyl (C=O) groups excluding carboxylic acids is 2. The zero-order valence-corrected chi connectivity index (χ0v) is 17.2. The van der Waals surface area contributed by atoms with E-state index in [0.717, 1.165) is 0 Å². The number of esters is 2. The minimum Gasteiger partial charge on any atom is -0.465 e. The molecule has 8 heteroatoms. The lowest BCUT2D eigenvalue weighted by Gasteiger charge is -2.40. The van der Waals surface area contributed by atoms with Gasteiger partial charge in [-0.1, -0.05) is 12.1 Å². The van der Waals surface area contributed by atoms with Crippen molar-refractivity contribution in [1.29, 1.82) is 0 Å². The number of hydrogen-bond donors (Lipinski definition) is 0. The topological polar surface area (TPSA) is 55.8 Å². The van der Waals surface area contributed by atoms with Gasteiger partial charge < -0.3 is 9.47 Å². The zero-order chi connectivity index (χ0) is 21.8. The molecule has 1 aromatic carbocycles. The fourth-order valence-electron chi connectivity index (χ4n) is 3.56. The summed E-state index contributed by atoms with van der Waals surface area (Å²) in [4.78, 5) is 25.0. The molecule has 2 rings (SSSR count). The highest BCUT2D eigenvalue weighted by Crippen LogP contribution is 2.36. The fourth-order valence-corrected chi connectivity index (χ4v) is 3.56. The van der Waals surface area contributed by atoms with Crippen LogP contribution in [-0.2, 0) is 20.8 Å². The van der Waals surface area contributed by atoms with E-state index < -0.39 is 29.8 Å². The summed E-state index contributed by atoms with van der Waals surface area (Å²) in [7, 11) is 1.27. The summed E-state index contributed by atoms with van der Waals surface area (Å²) in [5, 5.41) is 0. The Bertz CT molecular complexity index is 710. The smallest absolute Gasteiger partial charge is 0.404 e. The van der Waals surface area contributed by atoms with Crippen LogP contribution in [0.25, 0.3) is 0 Å². The summed E-state index contributed by atoms with van der Waals surface area (Å²) < 4.78 is 50.5. The number of hydrogen-bond acceptors (Lipinski definition) is 5. The van der Waals surface area contributed by atoms with Crippen LogP contribution >= 0.6 is 0 Å². The number of nitrogens with zero attached hydrogens (tertiary/aromatic N) is 1. The second-order valence-corrected chi connectivity index (χ2v) is 8.41. The van der Waals surface area contributed by atoms with Gasteiger partial charge in [0.25, 0.3) is 0 Å².